The van der Waals surface area contributed by atoms with Crippen molar-refractivity contribution in [2.75, 3.05) is 20.6 Å². The fraction of sp³-hybridized carbons (Fsp3) is 0.714. The second-order valence-corrected chi connectivity index (χ2v) is 10.7. The quantitative estimate of drug-likeness (QED) is 0.832. The number of sulfonamides is 1. The Morgan fingerprint density at radius 3 is 2.71 bits per heavy atom. The van der Waals surface area contributed by atoms with Crippen molar-refractivity contribution < 1.29 is 8.42 Å². The number of likely N-dealkylation sites (N-methyl/N-ethyl adjacent to an activating group) is 1. The van der Waals surface area contributed by atoms with Crippen LogP contribution >= 0.6 is 27.3 Å². The van der Waals surface area contributed by atoms with Crippen LogP contribution in [0.25, 0.3) is 0 Å². The van der Waals surface area contributed by atoms with Crippen molar-refractivity contribution >= 4 is 37.3 Å². The van der Waals surface area contributed by atoms with Gasteiger partial charge in [0, 0.05) is 12.1 Å². The number of hydrogen-bond donors (Lipinski definition) is 1. The summed E-state index contributed by atoms with van der Waals surface area (Å²) in [5.74, 6) is 0.640. The lowest BCUT2D eigenvalue weighted by molar-refractivity contribution is 0.0805. The lowest BCUT2D eigenvalue weighted by Gasteiger charge is -2.45. The van der Waals surface area contributed by atoms with Crippen LogP contribution < -0.4 is 4.72 Å². The maximum Gasteiger partial charge on any atom is 0.250 e. The van der Waals surface area contributed by atoms with Crippen molar-refractivity contribution in [1.82, 2.24) is 9.62 Å². The predicted octanol–water partition coefficient (Wildman–Crippen LogP) is 3.30. The smallest absolute Gasteiger partial charge is 0.250 e. The van der Waals surface area contributed by atoms with Crippen molar-refractivity contribution in [3.63, 3.8) is 0 Å². The molecule has 0 bridgehead atoms. The molecular weight excluding hydrogens is 372 g/mol. The first-order valence-corrected chi connectivity index (χ1v) is 10.3. The second-order valence-electron chi connectivity index (χ2n) is 6.20. The Balaban J connectivity index is 2.12. The van der Waals surface area contributed by atoms with Gasteiger partial charge in [-0.1, -0.05) is 19.8 Å². The number of nitrogens with one attached hydrogen (secondary N) is 1. The third-order valence-corrected chi connectivity index (χ3v) is 7.94. The summed E-state index contributed by atoms with van der Waals surface area (Å²) in [6, 6.07) is 3.41. The fourth-order valence-corrected chi connectivity index (χ4v) is 6.27. The number of nitrogens with zero attached hydrogens (tertiary/aromatic N) is 1. The molecule has 0 amide bonds. The van der Waals surface area contributed by atoms with Crippen molar-refractivity contribution in [2.24, 2.45) is 5.92 Å². The minimum atomic E-state index is -3.42. The molecule has 4 nitrogen and oxygen atoms in total. The van der Waals surface area contributed by atoms with Gasteiger partial charge in [-0.25, -0.2) is 13.1 Å². The zero-order valence-electron chi connectivity index (χ0n) is 12.7. The summed E-state index contributed by atoms with van der Waals surface area (Å²) in [7, 11) is 0.683. The Kier molecular flexibility index (Phi) is 5.52. The molecular formula is C14H23BrN2O2S2. The Morgan fingerprint density at radius 2 is 2.19 bits per heavy atom. The van der Waals surface area contributed by atoms with E-state index in [-0.39, 0.29) is 5.54 Å². The average Bonchev–Trinajstić information content (AvgIpc) is 2.84. The van der Waals surface area contributed by atoms with Crippen LogP contribution in [-0.4, -0.2) is 39.5 Å². The normalized spacial score (nSPS) is 27.2. The third-order valence-electron chi connectivity index (χ3n) is 4.42. The second kappa shape index (κ2) is 6.66. The highest BCUT2D eigenvalue weighted by Gasteiger charge is 2.38. The summed E-state index contributed by atoms with van der Waals surface area (Å²) in [5.41, 5.74) is -0.0702. The molecule has 0 aliphatic heterocycles. The van der Waals surface area contributed by atoms with Gasteiger partial charge in [0.25, 0.3) is 0 Å². The van der Waals surface area contributed by atoms with Gasteiger partial charge in [0.05, 0.1) is 3.79 Å². The molecule has 0 spiro atoms. The van der Waals surface area contributed by atoms with Gasteiger partial charge in [0.15, 0.2) is 0 Å². The van der Waals surface area contributed by atoms with Gasteiger partial charge in [-0.3, -0.25) is 0 Å². The van der Waals surface area contributed by atoms with Gasteiger partial charge in [0.1, 0.15) is 4.21 Å². The minimum absolute atomic E-state index is 0.0702. The third kappa shape index (κ3) is 4.07. The highest BCUT2D eigenvalue weighted by Crippen LogP contribution is 2.35. The number of thiophene rings is 1. The molecule has 2 rings (SSSR count). The molecule has 1 aliphatic rings. The molecule has 2 atom stereocenters. The molecule has 1 saturated carbocycles. The van der Waals surface area contributed by atoms with Gasteiger partial charge < -0.3 is 4.90 Å². The molecule has 2 unspecified atom stereocenters. The van der Waals surface area contributed by atoms with Crippen LogP contribution in [0.15, 0.2) is 20.1 Å². The Bertz CT molecular complexity index is 586. The van der Waals surface area contributed by atoms with Gasteiger partial charge in [-0.2, -0.15) is 0 Å². The summed E-state index contributed by atoms with van der Waals surface area (Å²) in [6.07, 6.45) is 4.48. The average molecular weight is 395 g/mol. The van der Waals surface area contributed by atoms with E-state index in [1.807, 2.05) is 14.1 Å². The highest BCUT2D eigenvalue weighted by molar-refractivity contribution is 9.11. The van der Waals surface area contributed by atoms with Gasteiger partial charge in [-0.05, 0) is 60.9 Å². The lowest BCUT2D eigenvalue weighted by Crippen LogP contribution is -2.54. The standard InChI is InChI=1S/C14H23BrN2O2S2/c1-11-5-4-8-14(9-11,17(2)3)10-16-21(18,19)13-7-6-12(15)20-13/h6-7,11,16H,4-5,8-10H2,1-3H3. The first-order chi connectivity index (χ1) is 9.75. The van der Waals surface area contributed by atoms with E-state index in [4.69, 9.17) is 0 Å². The number of rotatable bonds is 5. The molecule has 1 aromatic rings. The molecule has 0 saturated heterocycles. The zero-order chi connectivity index (χ0) is 15.7. The zero-order valence-corrected chi connectivity index (χ0v) is 15.9. The molecule has 1 aliphatic carbocycles. The number of hydrogen-bond acceptors (Lipinski definition) is 4. The molecule has 21 heavy (non-hydrogen) atoms. The van der Waals surface area contributed by atoms with E-state index >= 15 is 0 Å². The first kappa shape index (κ1) is 17.4. The summed E-state index contributed by atoms with van der Waals surface area (Å²) in [4.78, 5) is 2.19. The number of halogens is 1. The van der Waals surface area contributed by atoms with Crippen molar-refractivity contribution in [3.05, 3.63) is 15.9 Å². The maximum absolute atomic E-state index is 12.4. The van der Waals surface area contributed by atoms with E-state index in [0.717, 1.165) is 23.0 Å². The summed E-state index contributed by atoms with van der Waals surface area (Å²) < 4.78 is 28.8. The molecule has 0 aromatic carbocycles. The molecule has 120 valence electrons. The Labute approximate surface area is 140 Å². The molecule has 1 heterocycles. The van der Waals surface area contributed by atoms with E-state index in [0.29, 0.717) is 16.7 Å². The molecule has 7 heteroatoms. The monoisotopic (exact) mass is 394 g/mol. The first-order valence-electron chi connectivity index (χ1n) is 7.18. The maximum atomic E-state index is 12.4. The molecule has 1 N–H and O–H groups in total. The summed E-state index contributed by atoms with van der Waals surface area (Å²) >= 11 is 4.55. The van der Waals surface area contributed by atoms with Crippen LogP contribution in [0, 0.1) is 5.92 Å². The Hall–Kier alpha value is 0.0500. The van der Waals surface area contributed by atoms with Crippen LogP contribution in [-0.2, 0) is 10.0 Å². The van der Waals surface area contributed by atoms with E-state index in [1.165, 1.54) is 17.8 Å². The molecule has 0 radical (unpaired) electrons. The van der Waals surface area contributed by atoms with Crippen molar-refractivity contribution in [2.45, 2.75) is 42.4 Å². The van der Waals surface area contributed by atoms with E-state index in [1.54, 1.807) is 12.1 Å². The topological polar surface area (TPSA) is 49.4 Å². The molecule has 1 fully saturated rings. The summed E-state index contributed by atoms with van der Waals surface area (Å²) in [6.45, 7) is 2.73. The fourth-order valence-electron chi connectivity index (χ4n) is 3.10. The largest absolute Gasteiger partial charge is 0.302 e. The van der Waals surface area contributed by atoms with E-state index in [2.05, 4.69) is 32.5 Å². The van der Waals surface area contributed by atoms with Crippen LogP contribution in [0.4, 0.5) is 0 Å². The van der Waals surface area contributed by atoms with Crippen LogP contribution in [0.5, 0.6) is 0 Å². The van der Waals surface area contributed by atoms with Crippen LogP contribution in [0.3, 0.4) is 0 Å². The lowest BCUT2D eigenvalue weighted by atomic mass is 9.75. The van der Waals surface area contributed by atoms with Gasteiger partial charge in [0.2, 0.25) is 10.0 Å². The Morgan fingerprint density at radius 1 is 1.48 bits per heavy atom. The van der Waals surface area contributed by atoms with Crippen LogP contribution in [0.2, 0.25) is 0 Å². The van der Waals surface area contributed by atoms with E-state index < -0.39 is 10.0 Å². The summed E-state index contributed by atoms with van der Waals surface area (Å²) in [5, 5.41) is 0. The van der Waals surface area contributed by atoms with Crippen molar-refractivity contribution in [1.29, 1.82) is 0 Å². The predicted molar refractivity (Wildman–Crippen MR) is 91.3 cm³/mol. The van der Waals surface area contributed by atoms with Gasteiger partial charge in [-0.15, -0.1) is 11.3 Å². The highest BCUT2D eigenvalue weighted by atomic mass is 79.9. The van der Waals surface area contributed by atoms with Gasteiger partial charge >= 0.3 is 0 Å². The van der Waals surface area contributed by atoms with E-state index in [9.17, 15) is 8.42 Å². The molecule has 1 aromatic heterocycles. The minimum Gasteiger partial charge on any atom is -0.302 e. The van der Waals surface area contributed by atoms with Crippen molar-refractivity contribution in [3.8, 4) is 0 Å². The SMILES string of the molecule is CC1CCCC(CNS(=O)(=O)c2ccc(Br)s2)(N(C)C)C1. The van der Waals surface area contributed by atoms with Crippen LogP contribution in [0.1, 0.15) is 32.6 Å².